The van der Waals surface area contributed by atoms with Gasteiger partial charge in [0.2, 0.25) is 0 Å². The Hall–Kier alpha value is -2.47. The average Bonchev–Trinajstić information content (AvgIpc) is 3.14. The van der Waals surface area contributed by atoms with Crippen LogP contribution >= 0.6 is 11.6 Å². The van der Waals surface area contributed by atoms with Crippen LogP contribution in [0.25, 0.3) is 0 Å². The van der Waals surface area contributed by atoms with Gasteiger partial charge in [0.25, 0.3) is 5.91 Å². The number of esters is 1. The molecule has 1 N–H and O–H groups in total. The molecule has 1 aliphatic rings. The molecule has 4 nitrogen and oxygen atoms in total. The first-order valence-electron chi connectivity index (χ1n) is 8.59. The number of ether oxygens (including phenoxy) is 1. The van der Waals surface area contributed by atoms with Crippen LogP contribution in [-0.2, 0) is 19.7 Å². The second-order valence-electron chi connectivity index (χ2n) is 6.52. The fourth-order valence-electron chi connectivity index (χ4n) is 3.45. The minimum atomic E-state index is -1.06. The van der Waals surface area contributed by atoms with Crippen LogP contribution < -0.4 is 5.32 Å². The highest BCUT2D eigenvalue weighted by Crippen LogP contribution is 2.43. The average molecular weight is 394 g/mol. The van der Waals surface area contributed by atoms with Gasteiger partial charge < -0.3 is 10.1 Å². The third-order valence-corrected chi connectivity index (χ3v) is 5.06. The molecule has 0 heterocycles. The Labute approximate surface area is 160 Å². The molecule has 7 heteroatoms. The molecule has 1 saturated carbocycles. The van der Waals surface area contributed by atoms with E-state index in [0.29, 0.717) is 18.4 Å². The molecule has 142 valence electrons. The summed E-state index contributed by atoms with van der Waals surface area (Å²) in [6.45, 7) is -0.524. The highest BCUT2D eigenvalue weighted by atomic mass is 35.5. The number of hydrogen-bond acceptors (Lipinski definition) is 3. The lowest BCUT2D eigenvalue weighted by atomic mass is 9.78. The fraction of sp³-hybridized carbons (Fsp3) is 0.300. The molecule has 0 radical (unpaired) electrons. The molecule has 1 aliphatic carbocycles. The Balaban J connectivity index is 1.67. The molecule has 0 atom stereocenters. The zero-order chi connectivity index (χ0) is 19.4. The van der Waals surface area contributed by atoms with Gasteiger partial charge in [0.05, 0.1) is 10.4 Å². The van der Waals surface area contributed by atoms with Crippen molar-refractivity contribution in [2.24, 2.45) is 0 Å². The van der Waals surface area contributed by atoms with Crippen LogP contribution in [0.2, 0.25) is 5.02 Å². The fourth-order valence-corrected chi connectivity index (χ4v) is 3.63. The van der Waals surface area contributed by atoms with Crippen molar-refractivity contribution < 1.29 is 23.1 Å². The molecular weight excluding hydrogens is 376 g/mol. The lowest BCUT2D eigenvalue weighted by molar-refractivity contribution is -0.153. The molecule has 0 unspecified atom stereocenters. The standard InChI is InChI=1S/C20H18ClF2NO3/c21-15-11-13(7-8-17(15)23)24-18(25)12-27-19(26)20(9-3-4-10-20)14-5-1-2-6-16(14)22/h1-2,5-8,11H,3-4,9-10,12H2,(H,24,25). The number of carbonyl (C=O) groups excluding carboxylic acids is 2. The van der Waals surface area contributed by atoms with E-state index < -0.39 is 35.5 Å². The molecule has 0 saturated heterocycles. The van der Waals surface area contributed by atoms with Crippen molar-refractivity contribution in [3.8, 4) is 0 Å². The Morgan fingerprint density at radius 2 is 1.78 bits per heavy atom. The predicted molar refractivity (Wildman–Crippen MR) is 97.5 cm³/mol. The molecule has 0 aromatic heterocycles. The van der Waals surface area contributed by atoms with E-state index in [-0.39, 0.29) is 10.7 Å². The van der Waals surface area contributed by atoms with Crippen molar-refractivity contribution in [2.75, 3.05) is 11.9 Å². The maximum absolute atomic E-state index is 14.3. The van der Waals surface area contributed by atoms with Gasteiger partial charge in [0, 0.05) is 11.3 Å². The van der Waals surface area contributed by atoms with Crippen molar-refractivity contribution in [1.82, 2.24) is 0 Å². The van der Waals surface area contributed by atoms with Crippen molar-refractivity contribution in [3.05, 3.63) is 64.7 Å². The van der Waals surface area contributed by atoms with E-state index in [1.165, 1.54) is 18.2 Å². The number of amides is 1. The lowest BCUT2D eigenvalue weighted by Gasteiger charge is -2.27. The summed E-state index contributed by atoms with van der Waals surface area (Å²) in [6.07, 6.45) is 2.51. The monoisotopic (exact) mass is 393 g/mol. The van der Waals surface area contributed by atoms with Gasteiger partial charge in [0.15, 0.2) is 6.61 Å². The maximum atomic E-state index is 14.3. The summed E-state index contributed by atoms with van der Waals surface area (Å²) in [6, 6.07) is 9.86. The molecule has 0 spiro atoms. The summed E-state index contributed by atoms with van der Waals surface area (Å²) in [5.74, 6) is -2.26. The van der Waals surface area contributed by atoms with E-state index in [2.05, 4.69) is 5.32 Å². The van der Waals surface area contributed by atoms with Gasteiger partial charge in [0.1, 0.15) is 11.6 Å². The molecule has 3 rings (SSSR count). The summed E-state index contributed by atoms with van der Waals surface area (Å²) >= 11 is 5.66. The molecule has 2 aromatic carbocycles. The topological polar surface area (TPSA) is 55.4 Å². The molecule has 1 fully saturated rings. The second-order valence-corrected chi connectivity index (χ2v) is 6.93. The van der Waals surface area contributed by atoms with Gasteiger partial charge in [-0.25, -0.2) is 8.78 Å². The van der Waals surface area contributed by atoms with Gasteiger partial charge >= 0.3 is 5.97 Å². The largest absolute Gasteiger partial charge is 0.455 e. The van der Waals surface area contributed by atoms with Gasteiger partial charge in [-0.05, 0) is 37.1 Å². The SMILES string of the molecule is O=C(COC(=O)C1(c2ccccc2F)CCCC1)Nc1ccc(F)c(Cl)c1. The van der Waals surface area contributed by atoms with Crippen LogP contribution in [0.5, 0.6) is 0 Å². The zero-order valence-corrected chi connectivity index (χ0v) is 15.2. The van der Waals surface area contributed by atoms with Gasteiger partial charge in [-0.2, -0.15) is 0 Å². The Morgan fingerprint density at radius 1 is 1.07 bits per heavy atom. The first-order valence-corrected chi connectivity index (χ1v) is 8.97. The predicted octanol–water partition coefficient (Wildman–Crippen LogP) is 4.61. The normalized spacial score (nSPS) is 15.4. The lowest BCUT2D eigenvalue weighted by Crippen LogP contribution is -2.37. The number of benzene rings is 2. The van der Waals surface area contributed by atoms with Crippen molar-refractivity contribution in [2.45, 2.75) is 31.1 Å². The van der Waals surface area contributed by atoms with E-state index >= 15 is 0 Å². The molecule has 0 aliphatic heterocycles. The summed E-state index contributed by atoms with van der Waals surface area (Å²) in [5, 5.41) is 2.35. The Kier molecular flexibility index (Phi) is 5.75. The van der Waals surface area contributed by atoms with E-state index in [1.54, 1.807) is 18.2 Å². The zero-order valence-electron chi connectivity index (χ0n) is 14.4. The highest BCUT2D eigenvalue weighted by Gasteiger charge is 2.45. The molecule has 0 bridgehead atoms. The summed E-state index contributed by atoms with van der Waals surface area (Å²) in [5.41, 5.74) is -0.476. The van der Waals surface area contributed by atoms with Crippen LogP contribution in [0.4, 0.5) is 14.5 Å². The van der Waals surface area contributed by atoms with E-state index in [1.807, 2.05) is 0 Å². The van der Waals surface area contributed by atoms with Crippen molar-refractivity contribution in [1.29, 1.82) is 0 Å². The Morgan fingerprint density at radius 3 is 2.44 bits per heavy atom. The van der Waals surface area contributed by atoms with Crippen LogP contribution in [0.15, 0.2) is 42.5 Å². The van der Waals surface area contributed by atoms with E-state index in [9.17, 15) is 18.4 Å². The quantitative estimate of drug-likeness (QED) is 0.754. The third kappa shape index (κ3) is 4.11. The van der Waals surface area contributed by atoms with Crippen LogP contribution in [0, 0.1) is 11.6 Å². The number of anilines is 1. The van der Waals surface area contributed by atoms with Gasteiger partial charge in [-0.1, -0.05) is 42.6 Å². The number of rotatable bonds is 5. The van der Waals surface area contributed by atoms with Gasteiger partial charge in [-0.3, -0.25) is 9.59 Å². The minimum absolute atomic E-state index is 0.130. The number of hydrogen-bond donors (Lipinski definition) is 1. The highest BCUT2D eigenvalue weighted by molar-refractivity contribution is 6.31. The number of carbonyl (C=O) groups is 2. The van der Waals surface area contributed by atoms with Gasteiger partial charge in [-0.15, -0.1) is 0 Å². The smallest absolute Gasteiger partial charge is 0.317 e. The van der Waals surface area contributed by atoms with Crippen molar-refractivity contribution >= 4 is 29.2 Å². The van der Waals surface area contributed by atoms with E-state index in [0.717, 1.165) is 18.9 Å². The maximum Gasteiger partial charge on any atom is 0.317 e. The first-order chi connectivity index (χ1) is 12.9. The first kappa shape index (κ1) is 19.3. The van der Waals surface area contributed by atoms with Crippen LogP contribution in [0.1, 0.15) is 31.2 Å². The Bertz CT molecular complexity index is 866. The van der Waals surface area contributed by atoms with Crippen LogP contribution in [0.3, 0.4) is 0 Å². The molecule has 2 aromatic rings. The molecule has 27 heavy (non-hydrogen) atoms. The minimum Gasteiger partial charge on any atom is -0.455 e. The van der Waals surface area contributed by atoms with E-state index in [4.69, 9.17) is 16.3 Å². The van der Waals surface area contributed by atoms with Crippen molar-refractivity contribution in [3.63, 3.8) is 0 Å². The molecular formula is C20H18ClF2NO3. The summed E-state index contributed by atoms with van der Waals surface area (Å²) < 4.78 is 32.6. The second kappa shape index (κ2) is 8.05. The summed E-state index contributed by atoms with van der Waals surface area (Å²) in [7, 11) is 0. The number of nitrogens with one attached hydrogen (secondary N) is 1. The molecule has 1 amide bonds. The third-order valence-electron chi connectivity index (χ3n) is 4.77. The van der Waals surface area contributed by atoms with Crippen LogP contribution in [-0.4, -0.2) is 18.5 Å². The number of halogens is 3. The summed E-state index contributed by atoms with van der Waals surface area (Å²) in [4.78, 5) is 24.8.